The molecule has 0 N–H and O–H groups in total. The lowest BCUT2D eigenvalue weighted by Gasteiger charge is -2.30. The Hall–Kier alpha value is -6.18. The number of rotatable bonds is 6. The summed E-state index contributed by atoms with van der Waals surface area (Å²) < 4.78 is 0. The molecule has 238 valence electrons. The average molecular weight is 640 g/mol. The van der Waals surface area contributed by atoms with Gasteiger partial charge in [-0.1, -0.05) is 172 Å². The van der Waals surface area contributed by atoms with Crippen LogP contribution in [0.4, 0.5) is 17.1 Å². The first kappa shape index (κ1) is 29.9. The number of fused-ring (bicyclic) bond motifs is 4. The zero-order valence-electron chi connectivity index (χ0n) is 28.3. The van der Waals surface area contributed by atoms with E-state index < -0.39 is 0 Å². The Morgan fingerprint density at radius 1 is 0.360 bits per heavy atom. The number of hydrogen-bond acceptors (Lipinski definition) is 1. The standard InChI is InChI=1S/C49H37N/c1-49(2)44-26-11-8-24-43(44)48-42(25-15-27-45(48)49)41-23-10-13-29-47(41)50(46-28-12-9-22-40(46)35-17-4-3-5-18-35)39-21-14-20-37(33-39)38-31-30-34-16-6-7-19-36(34)32-38/h3-33H,1-2H3. The van der Waals surface area contributed by atoms with Crippen LogP contribution in [0, 0.1) is 0 Å². The van der Waals surface area contributed by atoms with E-state index in [1.807, 2.05) is 0 Å². The van der Waals surface area contributed by atoms with Gasteiger partial charge in [0.1, 0.15) is 0 Å². The summed E-state index contributed by atoms with van der Waals surface area (Å²) in [5.41, 5.74) is 15.9. The summed E-state index contributed by atoms with van der Waals surface area (Å²) in [7, 11) is 0. The molecule has 8 aromatic rings. The van der Waals surface area contributed by atoms with Gasteiger partial charge in [0.2, 0.25) is 0 Å². The second-order valence-corrected chi connectivity index (χ2v) is 13.7. The normalized spacial score (nSPS) is 12.8. The largest absolute Gasteiger partial charge is 0.309 e. The van der Waals surface area contributed by atoms with Crippen LogP contribution in [0.3, 0.4) is 0 Å². The van der Waals surface area contributed by atoms with Gasteiger partial charge in [0.05, 0.1) is 11.4 Å². The molecule has 0 amide bonds. The quantitative estimate of drug-likeness (QED) is 0.175. The molecule has 0 saturated heterocycles. The summed E-state index contributed by atoms with van der Waals surface area (Å²) in [6.45, 7) is 4.71. The Morgan fingerprint density at radius 3 is 1.74 bits per heavy atom. The van der Waals surface area contributed by atoms with Gasteiger partial charge in [0, 0.05) is 22.2 Å². The molecular formula is C49H37N. The van der Waals surface area contributed by atoms with E-state index in [1.54, 1.807) is 0 Å². The molecule has 0 bridgehead atoms. The molecule has 0 aliphatic heterocycles. The predicted octanol–water partition coefficient (Wildman–Crippen LogP) is 13.6. The lowest BCUT2D eigenvalue weighted by atomic mass is 9.82. The molecule has 1 aliphatic carbocycles. The molecule has 0 saturated carbocycles. The van der Waals surface area contributed by atoms with Gasteiger partial charge in [0.25, 0.3) is 0 Å². The Bertz CT molecular complexity index is 2520. The van der Waals surface area contributed by atoms with Gasteiger partial charge in [-0.25, -0.2) is 0 Å². The predicted molar refractivity (Wildman–Crippen MR) is 213 cm³/mol. The van der Waals surface area contributed by atoms with Crippen LogP contribution in [0.2, 0.25) is 0 Å². The van der Waals surface area contributed by atoms with Crippen LogP contribution in [-0.2, 0) is 5.41 Å². The van der Waals surface area contributed by atoms with Crippen molar-refractivity contribution < 1.29 is 0 Å². The van der Waals surface area contributed by atoms with E-state index in [9.17, 15) is 0 Å². The second-order valence-electron chi connectivity index (χ2n) is 13.7. The lowest BCUT2D eigenvalue weighted by molar-refractivity contribution is 0.660. The van der Waals surface area contributed by atoms with Crippen molar-refractivity contribution in [3.8, 4) is 44.5 Å². The number of hydrogen-bond donors (Lipinski definition) is 0. The van der Waals surface area contributed by atoms with E-state index in [0.29, 0.717) is 0 Å². The third-order valence-corrected chi connectivity index (χ3v) is 10.5. The summed E-state index contributed by atoms with van der Waals surface area (Å²) in [6, 6.07) is 68.6. The van der Waals surface area contributed by atoms with Gasteiger partial charge in [0.15, 0.2) is 0 Å². The van der Waals surface area contributed by atoms with Gasteiger partial charge in [-0.2, -0.15) is 0 Å². The second kappa shape index (κ2) is 12.1. The monoisotopic (exact) mass is 639 g/mol. The van der Waals surface area contributed by atoms with Crippen LogP contribution >= 0.6 is 0 Å². The smallest absolute Gasteiger partial charge is 0.0540 e. The van der Waals surface area contributed by atoms with E-state index in [2.05, 4.69) is 207 Å². The fraction of sp³-hybridized carbons (Fsp3) is 0.0612. The van der Waals surface area contributed by atoms with Gasteiger partial charge in [-0.05, 0) is 85.6 Å². The van der Waals surface area contributed by atoms with Crippen molar-refractivity contribution in [1.29, 1.82) is 0 Å². The molecule has 0 radical (unpaired) electrons. The third-order valence-electron chi connectivity index (χ3n) is 10.5. The highest BCUT2D eigenvalue weighted by atomic mass is 15.1. The van der Waals surface area contributed by atoms with E-state index in [4.69, 9.17) is 0 Å². The number of para-hydroxylation sites is 2. The van der Waals surface area contributed by atoms with Crippen LogP contribution < -0.4 is 4.90 Å². The minimum absolute atomic E-state index is 0.0787. The first-order valence-corrected chi connectivity index (χ1v) is 17.4. The lowest BCUT2D eigenvalue weighted by Crippen LogP contribution is -2.15. The Labute approximate surface area is 294 Å². The van der Waals surface area contributed by atoms with Crippen molar-refractivity contribution in [1.82, 2.24) is 0 Å². The minimum atomic E-state index is -0.0787. The maximum atomic E-state index is 2.47. The van der Waals surface area contributed by atoms with Crippen LogP contribution in [0.25, 0.3) is 55.3 Å². The van der Waals surface area contributed by atoms with Crippen LogP contribution in [0.15, 0.2) is 188 Å². The number of benzene rings is 8. The molecule has 8 aromatic carbocycles. The highest BCUT2D eigenvalue weighted by Gasteiger charge is 2.37. The highest BCUT2D eigenvalue weighted by molar-refractivity contribution is 6.00. The third kappa shape index (κ3) is 4.94. The Kier molecular flexibility index (Phi) is 7.21. The Balaban J connectivity index is 1.29. The van der Waals surface area contributed by atoms with Gasteiger partial charge < -0.3 is 4.90 Å². The molecule has 0 unspecified atom stereocenters. The van der Waals surface area contributed by atoms with Crippen LogP contribution in [0.5, 0.6) is 0 Å². The molecule has 0 atom stereocenters. The number of anilines is 3. The molecule has 1 aliphatic rings. The molecule has 0 spiro atoms. The fourth-order valence-electron chi connectivity index (χ4n) is 8.01. The summed E-state index contributed by atoms with van der Waals surface area (Å²) >= 11 is 0. The summed E-state index contributed by atoms with van der Waals surface area (Å²) in [5, 5.41) is 2.49. The molecule has 0 aromatic heterocycles. The minimum Gasteiger partial charge on any atom is -0.309 e. The fourth-order valence-corrected chi connectivity index (χ4v) is 8.01. The van der Waals surface area contributed by atoms with Crippen molar-refractivity contribution in [2.75, 3.05) is 4.90 Å². The maximum absolute atomic E-state index is 2.47. The van der Waals surface area contributed by atoms with Crippen LogP contribution in [-0.4, -0.2) is 0 Å². The molecule has 1 heteroatoms. The van der Waals surface area contributed by atoms with Crippen LogP contribution in [0.1, 0.15) is 25.0 Å². The summed E-state index contributed by atoms with van der Waals surface area (Å²) in [5.74, 6) is 0. The van der Waals surface area contributed by atoms with E-state index >= 15 is 0 Å². The molecule has 1 nitrogen and oxygen atoms in total. The van der Waals surface area contributed by atoms with E-state index in [0.717, 1.165) is 17.1 Å². The van der Waals surface area contributed by atoms with Gasteiger partial charge >= 0.3 is 0 Å². The molecule has 50 heavy (non-hydrogen) atoms. The van der Waals surface area contributed by atoms with E-state index in [-0.39, 0.29) is 5.41 Å². The zero-order valence-corrected chi connectivity index (χ0v) is 28.3. The SMILES string of the molecule is CC1(C)c2ccccc2-c2c(-c3ccccc3N(c3cccc(-c4ccc5ccccc5c4)c3)c3ccccc3-c3ccccc3)cccc21. The average Bonchev–Trinajstić information content (AvgIpc) is 3.42. The summed E-state index contributed by atoms with van der Waals surface area (Å²) in [4.78, 5) is 2.47. The topological polar surface area (TPSA) is 3.24 Å². The molecule has 0 heterocycles. The first-order valence-electron chi connectivity index (χ1n) is 17.4. The van der Waals surface area contributed by atoms with E-state index in [1.165, 1.54) is 66.4 Å². The van der Waals surface area contributed by atoms with Gasteiger partial charge in [-0.3, -0.25) is 0 Å². The van der Waals surface area contributed by atoms with Crippen molar-refractivity contribution >= 4 is 27.8 Å². The molecule has 0 fully saturated rings. The van der Waals surface area contributed by atoms with Crippen molar-refractivity contribution in [3.05, 3.63) is 199 Å². The van der Waals surface area contributed by atoms with Crippen molar-refractivity contribution in [2.45, 2.75) is 19.3 Å². The number of nitrogens with zero attached hydrogens (tertiary/aromatic N) is 1. The zero-order chi connectivity index (χ0) is 33.7. The van der Waals surface area contributed by atoms with Crippen molar-refractivity contribution in [2.24, 2.45) is 0 Å². The maximum Gasteiger partial charge on any atom is 0.0540 e. The van der Waals surface area contributed by atoms with Crippen molar-refractivity contribution in [3.63, 3.8) is 0 Å². The highest BCUT2D eigenvalue weighted by Crippen LogP contribution is 2.54. The molecule has 9 rings (SSSR count). The first-order chi connectivity index (χ1) is 24.6. The Morgan fingerprint density at radius 2 is 0.920 bits per heavy atom. The summed E-state index contributed by atoms with van der Waals surface area (Å²) in [6.07, 6.45) is 0. The van der Waals surface area contributed by atoms with Gasteiger partial charge in [-0.15, -0.1) is 0 Å². The molecular weight excluding hydrogens is 603 g/mol.